The smallest absolute Gasteiger partial charge is 0.175 e. The molecule has 7 nitrogen and oxygen atoms in total. The van der Waals surface area contributed by atoms with Gasteiger partial charge in [0.25, 0.3) is 0 Å². The minimum atomic E-state index is -1.21. The molecular weight excluding hydrogens is 254 g/mol. The molecule has 114 valence electrons. The molecule has 0 spiro atoms. The molecule has 1 aliphatic heterocycles. The Hall–Kier alpha value is -0.280. The predicted octanol–water partition coefficient (Wildman–Crippen LogP) is -1.68. The third-order valence-corrected chi connectivity index (χ3v) is 3.23. The first-order chi connectivity index (χ1) is 8.97. The van der Waals surface area contributed by atoms with Gasteiger partial charge in [-0.15, -0.1) is 0 Å². The Bertz CT molecular complexity index is 250. The summed E-state index contributed by atoms with van der Waals surface area (Å²) in [7, 11) is 0. The number of nitrogens with two attached hydrogens (primary N) is 1. The summed E-state index contributed by atoms with van der Waals surface area (Å²) < 4.78 is 10.7. The van der Waals surface area contributed by atoms with Crippen molar-refractivity contribution in [1.29, 1.82) is 0 Å². The van der Waals surface area contributed by atoms with Gasteiger partial charge in [0.05, 0.1) is 18.8 Å². The Balaban J connectivity index is 2.32. The van der Waals surface area contributed by atoms with Gasteiger partial charge in [-0.05, 0) is 26.2 Å². The molecular formula is C12H25NO6. The zero-order valence-electron chi connectivity index (χ0n) is 11.2. The van der Waals surface area contributed by atoms with Gasteiger partial charge in [0.1, 0.15) is 18.3 Å². The highest BCUT2D eigenvalue weighted by Gasteiger charge is 2.42. The van der Waals surface area contributed by atoms with Crippen LogP contribution in [-0.4, -0.2) is 70.4 Å². The normalized spacial score (nSPS) is 37.3. The molecule has 0 bridgehead atoms. The van der Waals surface area contributed by atoms with Gasteiger partial charge in [0.15, 0.2) is 6.29 Å². The summed E-state index contributed by atoms with van der Waals surface area (Å²) in [6.45, 7) is 1.70. The molecule has 1 rings (SSSR count). The van der Waals surface area contributed by atoms with E-state index in [9.17, 15) is 10.2 Å². The maximum absolute atomic E-state index is 9.71. The van der Waals surface area contributed by atoms with E-state index in [2.05, 4.69) is 0 Å². The molecule has 1 saturated heterocycles. The average molecular weight is 279 g/mol. The van der Waals surface area contributed by atoms with E-state index >= 15 is 0 Å². The number of rotatable bonds is 7. The van der Waals surface area contributed by atoms with Gasteiger partial charge in [0, 0.05) is 6.61 Å². The fourth-order valence-corrected chi connectivity index (χ4v) is 1.99. The lowest BCUT2D eigenvalue weighted by atomic mass is 9.98. The van der Waals surface area contributed by atoms with E-state index in [1.54, 1.807) is 6.92 Å². The van der Waals surface area contributed by atoms with Gasteiger partial charge >= 0.3 is 0 Å². The summed E-state index contributed by atoms with van der Waals surface area (Å²) in [6, 6.07) is -0.852. The van der Waals surface area contributed by atoms with Crippen LogP contribution in [-0.2, 0) is 9.47 Å². The second kappa shape index (κ2) is 8.11. The average Bonchev–Trinajstić information content (AvgIpc) is 2.37. The van der Waals surface area contributed by atoms with Crippen LogP contribution in [0.5, 0.6) is 0 Å². The summed E-state index contributed by atoms with van der Waals surface area (Å²) in [4.78, 5) is 0. The molecule has 7 heteroatoms. The van der Waals surface area contributed by atoms with E-state index in [1.807, 2.05) is 0 Å². The predicted molar refractivity (Wildman–Crippen MR) is 67.2 cm³/mol. The molecule has 1 heterocycles. The SMILES string of the molecule is CC(O)CCCCOC1OC(CO)C(O)C(O)C1N. The number of hydrogen-bond acceptors (Lipinski definition) is 7. The highest BCUT2D eigenvalue weighted by atomic mass is 16.7. The van der Waals surface area contributed by atoms with Crippen LogP contribution >= 0.6 is 0 Å². The van der Waals surface area contributed by atoms with E-state index in [4.69, 9.17) is 25.4 Å². The molecule has 6 N–H and O–H groups in total. The maximum Gasteiger partial charge on any atom is 0.175 e. The fourth-order valence-electron chi connectivity index (χ4n) is 1.99. The molecule has 6 unspecified atom stereocenters. The molecule has 0 aromatic rings. The lowest BCUT2D eigenvalue weighted by molar-refractivity contribution is -0.265. The van der Waals surface area contributed by atoms with Crippen molar-refractivity contribution in [3.05, 3.63) is 0 Å². The van der Waals surface area contributed by atoms with Gasteiger partial charge in [-0.25, -0.2) is 0 Å². The van der Waals surface area contributed by atoms with E-state index in [0.29, 0.717) is 13.0 Å². The molecule has 0 saturated carbocycles. The zero-order valence-corrected chi connectivity index (χ0v) is 11.2. The summed E-state index contributed by atoms with van der Waals surface area (Å²) >= 11 is 0. The molecule has 0 aliphatic carbocycles. The Labute approximate surface area is 112 Å². The van der Waals surface area contributed by atoms with Crippen molar-refractivity contribution in [3.63, 3.8) is 0 Å². The molecule has 19 heavy (non-hydrogen) atoms. The summed E-state index contributed by atoms with van der Waals surface area (Å²) in [5, 5.41) is 37.4. The quantitative estimate of drug-likeness (QED) is 0.352. The van der Waals surface area contributed by atoms with Gasteiger partial charge < -0.3 is 35.6 Å². The minimum Gasteiger partial charge on any atom is -0.394 e. The third-order valence-electron chi connectivity index (χ3n) is 3.23. The maximum atomic E-state index is 9.71. The first-order valence-electron chi connectivity index (χ1n) is 6.65. The van der Waals surface area contributed by atoms with Gasteiger partial charge in [0.2, 0.25) is 0 Å². The van der Waals surface area contributed by atoms with Crippen molar-refractivity contribution < 1.29 is 29.9 Å². The Kier molecular flexibility index (Phi) is 7.16. The Morgan fingerprint density at radius 2 is 1.95 bits per heavy atom. The van der Waals surface area contributed by atoms with E-state index in [0.717, 1.165) is 12.8 Å². The van der Waals surface area contributed by atoms with Crippen molar-refractivity contribution in [1.82, 2.24) is 0 Å². The standard InChI is InChI=1S/C12H25NO6/c1-7(15)4-2-3-5-18-12-9(13)11(17)10(16)8(6-14)19-12/h7-12,14-17H,2-6,13H2,1H3. The number of unbranched alkanes of at least 4 members (excludes halogenated alkanes) is 1. The van der Waals surface area contributed by atoms with Crippen LogP contribution in [0.3, 0.4) is 0 Å². The minimum absolute atomic E-state index is 0.330. The molecule has 6 atom stereocenters. The van der Waals surface area contributed by atoms with Crippen LogP contribution in [0.2, 0.25) is 0 Å². The lowest BCUT2D eigenvalue weighted by Crippen LogP contribution is -2.62. The van der Waals surface area contributed by atoms with Crippen LogP contribution in [0.25, 0.3) is 0 Å². The highest BCUT2D eigenvalue weighted by molar-refractivity contribution is 4.91. The van der Waals surface area contributed by atoms with Gasteiger partial charge in [-0.1, -0.05) is 0 Å². The first kappa shape index (κ1) is 16.8. The van der Waals surface area contributed by atoms with Crippen molar-refractivity contribution in [3.8, 4) is 0 Å². The number of ether oxygens (including phenoxy) is 2. The van der Waals surface area contributed by atoms with Crippen molar-refractivity contribution in [2.45, 2.75) is 62.9 Å². The highest BCUT2D eigenvalue weighted by Crippen LogP contribution is 2.20. The molecule has 0 radical (unpaired) electrons. The van der Waals surface area contributed by atoms with Crippen LogP contribution in [0.15, 0.2) is 0 Å². The van der Waals surface area contributed by atoms with Crippen molar-refractivity contribution >= 4 is 0 Å². The Morgan fingerprint density at radius 3 is 2.53 bits per heavy atom. The monoisotopic (exact) mass is 279 g/mol. The second-order valence-electron chi connectivity index (χ2n) is 5.00. The van der Waals surface area contributed by atoms with Crippen LogP contribution in [0.1, 0.15) is 26.2 Å². The molecule has 0 aromatic carbocycles. The van der Waals surface area contributed by atoms with E-state index in [-0.39, 0.29) is 6.10 Å². The number of aliphatic hydroxyl groups is 4. The largest absolute Gasteiger partial charge is 0.394 e. The number of aliphatic hydroxyl groups excluding tert-OH is 4. The lowest BCUT2D eigenvalue weighted by Gasteiger charge is -2.40. The van der Waals surface area contributed by atoms with Crippen LogP contribution < -0.4 is 5.73 Å². The molecule has 1 aliphatic rings. The van der Waals surface area contributed by atoms with E-state index < -0.39 is 37.3 Å². The zero-order chi connectivity index (χ0) is 14.4. The number of hydrogen-bond donors (Lipinski definition) is 5. The van der Waals surface area contributed by atoms with Gasteiger partial charge in [-0.2, -0.15) is 0 Å². The first-order valence-corrected chi connectivity index (χ1v) is 6.65. The van der Waals surface area contributed by atoms with Crippen LogP contribution in [0, 0.1) is 0 Å². The fraction of sp³-hybridized carbons (Fsp3) is 1.00. The Morgan fingerprint density at radius 1 is 1.26 bits per heavy atom. The van der Waals surface area contributed by atoms with Crippen molar-refractivity contribution in [2.75, 3.05) is 13.2 Å². The third kappa shape index (κ3) is 4.96. The van der Waals surface area contributed by atoms with Crippen LogP contribution in [0.4, 0.5) is 0 Å². The van der Waals surface area contributed by atoms with Crippen molar-refractivity contribution in [2.24, 2.45) is 5.73 Å². The second-order valence-corrected chi connectivity index (χ2v) is 5.00. The summed E-state index contributed by atoms with van der Waals surface area (Å²) in [5.41, 5.74) is 5.71. The van der Waals surface area contributed by atoms with Gasteiger partial charge in [-0.3, -0.25) is 0 Å². The molecule has 0 amide bonds. The van der Waals surface area contributed by atoms with E-state index in [1.165, 1.54) is 0 Å². The summed E-state index contributed by atoms with van der Waals surface area (Å²) in [6.07, 6.45) is -2.22. The topological polar surface area (TPSA) is 125 Å². The molecule has 0 aromatic heterocycles. The molecule has 1 fully saturated rings. The summed E-state index contributed by atoms with van der Waals surface area (Å²) in [5.74, 6) is 0.